The second kappa shape index (κ2) is 8.79. The summed E-state index contributed by atoms with van der Waals surface area (Å²) in [5, 5.41) is 5.87. The molecule has 0 saturated heterocycles. The van der Waals surface area contributed by atoms with E-state index in [4.69, 9.17) is 4.74 Å². The van der Waals surface area contributed by atoms with Gasteiger partial charge in [-0.1, -0.05) is 43.3 Å². The van der Waals surface area contributed by atoms with Crippen LogP contribution in [-0.2, 0) is 11.2 Å². The molecule has 1 N–H and O–H groups in total. The molecular formula is C24H24N2O3S. The molecule has 0 fully saturated rings. The maximum absolute atomic E-state index is 12.3. The number of carbonyl (C=O) groups excluding carboxylic acids is 2. The van der Waals surface area contributed by atoms with Gasteiger partial charge in [-0.05, 0) is 30.0 Å². The van der Waals surface area contributed by atoms with Crippen LogP contribution in [0.15, 0.2) is 47.8 Å². The molecule has 1 atom stereocenters. The topological polar surface area (TPSA) is 68.3 Å². The fourth-order valence-electron chi connectivity index (χ4n) is 3.89. The van der Waals surface area contributed by atoms with Crippen LogP contribution in [0.5, 0.6) is 5.75 Å². The van der Waals surface area contributed by atoms with Gasteiger partial charge >= 0.3 is 0 Å². The Morgan fingerprint density at radius 2 is 2.03 bits per heavy atom. The van der Waals surface area contributed by atoms with E-state index < -0.39 is 0 Å². The molecule has 1 heterocycles. The summed E-state index contributed by atoms with van der Waals surface area (Å²) in [6.45, 7) is 4.44. The van der Waals surface area contributed by atoms with Crippen LogP contribution < -0.4 is 10.1 Å². The lowest BCUT2D eigenvalue weighted by Crippen LogP contribution is -2.30. The largest absolute Gasteiger partial charge is 0.483 e. The molecule has 1 aliphatic carbocycles. The van der Waals surface area contributed by atoms with Crippen LogP contribution in [0.2, 0.25) is 0 Å². The summed E-state index contributed by atoms with van der Waals surface area (Å²) in [7, 11) is 0. The van der Waals surface area contributed by atoms with Crippen molar-refractivity contribution in [1.29, 1.82) is 0 Å². The first kappa shape index (κ1) is 20.3. The summed E-state index contributed by atoms with van der Waals surface area (Å²) in [6.07, 6.45) is 1.16. The van der Waals surface area contributed by atoms with E-state index in [0.717, 1.165) is 27.4 Å². The first-order chi connectivity index (χ1) is 14.5. The number of nitrogens with zero attached hydrogens (tertiary/aromatic N) is 1. The summed E-state index contributed by atoms with van der Waals surface area (Å²) < 4.78 is 5.70. The summed E-state index contributed by atoms with van der Waals surface area (Å²) >= 11 is 1.60. The molecule has 30 heavy (non-hydrogen) atoms. The van der Waals surface area contributed by atoms with Crippen molar-refractivity contribution < 1.29 is 14.3 Å². The summed E-state index contributed by atoms with van der Waals surface area (Å²) in [6, 6.07) is 13.8. The number of fused-ring (bicyclic) bond motifs is 1. The third kappa shape index (κ3) is 4.28. The molecule has 1 aliphatic rings. The zero-order valence-corrected chi connectivity index (χ0v) is 17.9. The number of hydrogen-bond acceptors (Lipinski definition) is 5. The second-order valence-corrected chi connectivity index (χ2v) is 8.45. The van der Waals surface area contributed by atoms with Gasteiger partial charge < -0.3 is 10.1 Å². The van der Waals surface area contributed by atoms with Crippen molar-refractivity contribution in [1.82, 2.24) is 10.3 Å². The number of benzene rings is 2. The number of carbonyl (C=O) groups is 2. The highest BCUT2D eigenvalue weighted by Crippen LogP contribution is 2.40. The number of nitrogens with one attached hydrogen (secondary N) is 1. The monoisotopic (exact) mass is 420 g/mol. The number of thiazole rings is 1. The van der Waals surface area contributed by atoms with Crippen LogP contribution in [0.3, 0.4) is 0 Å². The number of hydrogen-bond donors (Lipinski definition) is 1. The lowest BCUT2D eigenvalue weighted by atomic mass is 9.97. The van der Waals surface area contributed by atoms with E-state index in [9.17, 15) is 9.59 Å². The third-order valence-electron chi connectivity index (χ3n) is 5.32. The molecule has 6 heteroatoms. The van der Waals surface area contributed by atoms with Crippen molar-refractivity contribution in [3.63, 3.8) is 0 Å². The number of aromatic nitrogens is 1. The fourth-order valence-corrected chi connectivity index (χ4v) is 4.75. The Balaban J connectivity index is 1.29. The number of aryl methyl sites for hydroxylation is 1. The molecule has 0 bridgehead atoms. The average molecular weight is 421 g/mol. The van der Waals surface area contributed by atoms with Gasteiger partial charge in [0.15, 0.2) is 12.4 Å². The van der Waals surface area contributed by atoms with Crippen LogP contribution in [0.4, 0.5) is 0 Å². The Morgan fingerprint density at radius 3 is 2.83 bits per heavy atom. The highest BCUT2D eigenvalue weighted by molar-refractivity contribution is 7.13. The van der Waals surface area contributed by atoms with Gasteiger partial charge in [0.25, 0.3) is 5.91 Å². The van der Waals surface area contributed by atoms with Crippen LogP contribution in [0.1, 0.15) is 46.4 Å². The molecule has 0 aliphatic heterocycles. The van der Waals surface area contributed by atoms with Crippen LogP contribution in [0.25, 0.3) is 10.6 Å². The molecular weight excluding hydrogens is 396 g/mol. The van der Waals surface area contributed by atoms with E-state index in [1.165, 1.54) is 0 Å². The van der Waals surface area contributed by atoms with Gasteiger partial charge in [0, 0.05) is 30.3 Å². The molecule has 5 nitrogen and oxygen atoms in total. The first-order valence-corrected chi connectivity index (χ1v) is 11.0. The molecule has 0 saturated carbocycles. The molecule has 1 amide bonds. The Morgan fingerprint density at radius 1 is 1.23 bits per heavy atom. The molecule has 2 aromatic carbocycles. The average Bonchev–Trinajstić information content (AvgIpc) is 3.33. The van der Waals surface area contributed by atoms with Gasteiger partial charge in [0.05, 0.1) is 11.3 Å². The first-order valence-electron chi connectivity index (χ1n) is 10.1. The zero-order valence-electron chi connectivity index (χ0n) is 17.1. The van der Waals surface area contributed by atoms with Crippen molar-refractivity contribution in [2.45, 2.75) is 32.6 Å². The molecule has 1 unspecified atom stereocenters. The predicted molar refractivity (Wildman–Crippen MR) is 118 cm³/mol. The molecule has 0 spiro atoms. The fraction of sp³-hybridized carbons (Fsp3) is 0.292. The molecule has 1 aromatic heterocycles. The Labute approximate surface area is 180 Å². The Hall–Kier alpha value is -2.99. The minimum absolute atomic E-state index is 0.0920. The SMILES string of the molecule is Cc1ccc(OCC(=O)NCCc2csc(-c3ccccc3)n2)c2c1C(C)CC2=O. The van der Waals surface area contributed by atoms with E-state index in [-0.39, 0.29) is 24.2 Å². The number of ketones is 1. The van der Waals surface area contributed by atoms with E-state index in [0.29, 0.717) is 30.7 Å². The predicted octanol–water partition coefficient (Wildman–Crippen LogP) is 4.55. The lowest BCUT2D eigenvalue weighted by Gasteiger charge is -2.13. The maximum Gasteiger partial charge on any atom is 0.257 e. The van der Waals surface area contributed by atoms with Crippen LogP contribution in [-0.4, -0.2) is 29.8 Å². The molecule has 154 valence electrons. The zero-order chi connectivity index (χ0) is 21.1. The van der Waals surface area contributed by atoms with Crippen LogP contribution >= 0.6 is 11.3 Å². The van der Waals surface area contributed by atoms with Gasteiger partial charge in [-0.2, -0.15) is 0 Å². The lowest BCUT2D eigenvalue weighted by molar-refractivity contribution is -0.123. The van der Waals surface area contributed by atoms with Gasteiger partial charge in [-0.15, -0.1) is 11.3 Å². The van der Waals surface area contributed by atoms with Crippen molar-refractivity contribution in [3.05, 3.63) is 70.2 Å². The normalized spacial score (nSPS) is 15.1. The summed E-state index contributed by atoms with van der Waals surface area (Å²) in [4.78, 5) is 29.2. The molecule has 4 rings (SSSR count). The highest BCUT2D eigenvalue weighted by Gasteiger charge is 2.31. The quantitative estimate of drug-likeness (QED) is 0.609. The Bertz CT molecular complexity index is 1080. The minimum Gasteiger partial charge on any atom is -0.483 e. The van der Waals surface area contributed by atoms with E-state index in [1.54, 1.807) is 17.4 Å². The standard InChI is InChI=1S/C24H24N2O3S/c1-15-8-9-20(23-19(27)12-16(2)22(15)23)29-13-21(28)25-11-10-18-14-30-24(26-18)17-6-4-3-5-7-17/h3-9,14,16H,10-13H2,1-2H3,(H,25,28). The van der Waals surface area contributed by atoms with Crippen molar-refractivity contribution in [3.8, 4) is 16.3 Å². The highest BCUT2D eigenvalue weighted by atomic mass is 32.1. The number of rotatable bonds is 7. The smallest absolute Gasteiger partial charge is 0.257 e. The summed E-state index contributed by atoms with van der Waals surface area (Å²) in [5.74, 6) is 0.589. The van der Waals surface area contributed by atoms with Crippen LogP contribution in [0, 0.1) is 6.92 Å². The van der Waals surface area contributed by atoms with Gasteiger partial charge in [-0.3, -0.25) is 9.59 Å². The van der Waals surface area contributed by atoms with E-state index >= 15 is 0 Å². The third-order valence-corrected chi connectivity index (χ3v) is 6.26. The number of Topliss-reactive ketones (excluding diaryl/α,β-unsaturated/α-hetero) is 1. The van der Waals surface area contributed by atoms with Gasteiger partial charge in [-0.25, -0.2) is 4.98 Å². The van der Waals surface area contributed by atoms with Gasteiger partial charge in [0.2, 0.25) is 0 Å². The van der Waals surface area contributed by atoms with E-state index in [2.05, 4.69) is 17.2 Å². The van der Waals surface area contributed by atoms with Crippen molar-refractivity contribution >= 4 is 23.0 Å². The van der Waals surface area contributed by atoms with Gasteiger partial charge in [0.1, 0.15) is 10.8 Å². The second-order valence-electron chi connectivity index (χ2n) is 7.60. The van der Waals surface area contributed by atoms with Crippen molar-refractivity contribution in [2.75, 3.05) is 13.2 Å². The number of ether oxygens (including phenoxy) is 1. The Kier molecular flexibility index (Phi) is 5.95. The maximum atomic E-state index is 12.3. The number of amides is 1. The molecule has 0 radical (unpaired) electrons. The molecule has 3 aromatic rings. The van der Waals surface area contributed by atoms with Crippen molar-refractivity contribution in [2.24, 2.45) is 0 Å². The summed E-state index contributed by atoms with van der Waals surface area (Å²) in [5.41, 5.74) is 4.84. The minimum atomic E-state index is -0.207. The van der Waals surface area contributed by atoms with E-state index in [1.807, 2.05) is 48.7 Å².